The van der Waals surface area contributed by atoms with Crippen LogP contribution in [0, 0.1) is 6.92 Å². The fraction of sp³-hybridized carbons (Fsp3) is 0.267. The molecule has 0 amide bonds. The number of benzene rings is 1. The van der Waals surface area contributed by atoms with E-state index in [1.165, 1.54) is 0 Å². The third-order valence-corrected chi connectivity index (χ3v) is 3.16. The Morgan fingerprint density at radius 1 is 1.37 bits per heavy atom. The highest BCUT2D eigenvalue weighted by Crippen LogP contribution is 2.25. The molecule has 3 N–H and O–H groups in total. The van der Waals surface area contributed by atoms with Crippen LogP contribution in [-0.4, -0.2) is 17.2 Å². The van der Waals surface area contributed by atoms with Crippen LogP contribution in [0.5, 0.6) is 5.75 Å². The van der Waals surface area contributed by atoms with Crippen molar-refractivity contribution in [2.45, 2.75) is 19.4 Å². The van der Waals surface area contributed by atoms with Gasteiger partial charge >= 0.3 is 0 Å². The lowest BCUT2D eigenvalue weighted by molar-refractivity contribution is 0.178. The van der Waals surface area contributed by atoms with Crippen LogP contribution in [0.1, 0.15) is 22.8 Å². The maximum atomic E-state index is 10.3. The highest BCUT2D eigenvalue weighted by atomic mass is 16.5. The Morgan fingerprint density at radius 2 is 2.16 bits per heavy atom. The zero-order chi connectivity index (χ0) is 13.8. The number of rotatable bonds is 4. The highest BCUT2D eigenvalue weighted by Gasteiger charge is 2.12. The van der Waals surface area contributed by atoms with Crippen molar-refractivity contribution >= 4 is 5.69 Å². The van der Waals surface area contributed by atoms with E-state index < -0.39 is 6.10 Å². The Morgan fingerprint density at radius 3 is 2.79 bits per heavy atom. The Bertz CT molecular complexity index is 570. The number of ether oxygens (including phenoxy) is 1. The number of nitrogen functional groups attached to an aromatic ring is 1. The smallest absolute Gasteiger partial charge is 0.121 e. The molecule has 0 aliphatic rings. The number of aryl methyl sites for hydroxylation is 1. The van der Waals surface area contributed by atoms with E-state index in [-0.39, 0.29) is 0 Å². The Kier molecular flexibility index (Phi) is 4.02. The summed E-state index contributed by atoms with van der Waals surface area (Å²) in [4.78, 5) is 4.03. The molecule has 0 spiro atoms. The molecule has 0 aliphatic heterocycles. The van der Waals surface area contributed by atoms with E-state index in [1.807, 2.05) is 25.1 Å². The lowest BCUT2D eigenvalue weighted by atomic mass is 10.00. The maximum Gasteiger partial charge on any atom is 0.121 e. The molecule has 4 heteroatoms. The first kappa shape index (κ1) is 13.4. The predicted octanol–water partition coefficient (Wildman–Crippen LogP) is 2.26. The third kappa shape index (κ3) is 3.03. The molecule has 100 valence electrons. The lowest BCUT2D eigenvalue weighted by Gasteiger charge is -2.14. The van der Waals surface area contributed by atoms with Gasteiger partial charge in [0.15, 0.2) is 0 Å². The molecule has 1 unspecified atom stereocenters. The van der Waals surface area contributed by atoms with Gasteiger partial charge in [0, 0.05) is 24.5 Å². The first-order chi connectivity index (χ1) is 9.11. The molecular formula is C15H18N2O2. The summed E-state index contributed by atoms with van der Waals surface area (Å²) in [6.07, 6.45) is 3.18. The van der Waals surface area contributed by atoms with Gasteiger partial charge < -0.3 is 15.6 Å². The van der Waals surface area contributed by atoms with Gasteiger partial charge in [-0.25, -0.2) is 0 Å². The minimum absolute atomic E-state index is 0.450. The van der Waals surface area contributed by atoms with E-state index in [1.54, 1.807) is 25.6 Å². The van der Waals surface area contributed by atoms with Crippen LogP contribution in [-0.2, 0) is 6.42 Å². The molecule has 0 aliphatic carbocycles. The van der Waals surface area contributed by atoms with E-state index >= 15 is 0 Å². The second-order valence-electron chi connectivity index (χ2n) is 4.52. The predicted molar refractivity (Wildman–Crippen MR) is 75.0 cm³/mol. The Hall–Kier alpha value is -2.07. The van der Waals surface area contributed by atoms with Crippen molar-refractivity contribution in [2.75, 3.05) is 12.8 Å². The molecule has 0 saturated heterocycles. The molecule has 0 saturated carbocycles. The van der Waals surface area contributed by atoms with Crippen molar-refractivity contribution in [1.29, 1.82) is 0 Å². The number of aromatic nitrogens is 1. The van der Waals surface area contributed by atoms with Crippen LogP contribution in [0.3, 0.4) is 0 Å². The molecule has 19 heavy (non-hydrogen) atoms. The van der Waals surface area contributed by atoms with Gasteiger partial charge in [-0.2, -0.15) is 0 Å². The van der Waals surface area contributed by atoms with Gasteiger partial charge in [0.1, 0.15) is 5.75 Å². The number of nitrogens with zero attached hydrogens (tertiary/aromatic N) is 1. The SMILES string of the molecule is COc1ccc(C(O)Cc2cnccc2N)cc1C. The van der Waals surface area contributed by atoms with E-state index in [0.717, 1.165) is 22.4 Å². The van der Waals surface area contributed by atoms with Crippen LogP contribution in [0.4, 0.5) is 5.69 Å². The average Bonchev–Trinajstić information content (AvgIpc) is 2.41. The zero-order valence-corrected chi connectivity index (χ0v) is 11.1. The number of aliphatic hydroxyl groups excluding tert-OH is 1. The largest absolute Gasteiger partial charge is 0.496 e. The second kappa shape index (κ2) is 5.71. The summed E-state index contributed by atoms with van der Waals surface area (Å²) in [7, 11) is 1.63. The van der Waals surface area contributed by atoms with Crippen LogP contribution in [0.2, 0.25) is 0 Å². The van der Waals surface area contributed by atoms with Crippen molar-refractivity contribution < 1.29 is 9.84 Å². The number of methoxy groups -OCH3 is 1. The summed E-state index contributed by atoms with van der Waals surface area (Å²) in [5.41, 5.74) is 9.20. The Labute approximate surface area is 112 Å². The molecule has 1 aromatic carbocycles. The van der Waals surface area contributed by atoms with Crippen molar-refractivity contribution in [2.24, 2.45) is 0 Å². The van der Waals surface area contributed by atoms with E-state index in [0.29, 0.717) is 12.1 Å². The number of pyridine rings is 1. The van der Waals surface area contributed by atoms with Crippen LogP contribution in [0.15, 0.2) is 36.7 Å². The summed E-state index contributed by atoms with van der Waals surface area (Å²) in [6, 6.07) is 7.39. The normalized spacial score (nSPS) is 12.2. The fourth-order valence-electron chi connectivity index (χ4n) is 2.04. The summed E-state index contributed by atoms with van der Waals surface area (Å²) < 4.78 is 5.21. The molecule has 1 heterocycles. The lowest BCUT2D eigenvalue weighted by Crippen LogP contribution is -2.05. The monoisotopic (exact) mass is 258 g/mol. The maximum absolute atomic E-state index is 10.3. The number of hydrogen-bond acceptors (Lipinski definition) is 4. The van der Waals surface area contributed by atoms with Crippen molar-refractivity contribution in [1.82, 2.24) is 4.98 Å². The van der Waals surface area contributed by atoms with E-state index in [4.69, 9.17) is 10.5 Å². The molecule has 0 bridgehead atoms. The quantitative estimate of drug-likeness (QED) is 0.882. The third-order valence-electron chi connectivity index (χ3n) is 3.16. The molecule has 2 rings (SSSR count). The number of aliphatic hydroxyl groups is 1. The van der Waals surface area contributed by atoms with Crippen LogP contribution in [0.25, 0.3) is 0 Å². The molecular weight excluding hydrogens is 240 g/mol. The molecule has 1 atom stereocenters. The molecule has 0 fully saturated rings. The van der Waals surface area contributed by atoms with E-state index in [2.05, 4.69) is 4.98 Å². The van der Waals surface area contributed by atoms with Gasteiger partial charge in [0.05, 0.1) is 13.2 Å². The Balaban J connectivity index is 2.18. The molecule has 2 aromatic rings. The summed E-state index contributed by atoms with van der Waals surface area (Å²) in [5, 5.41) is 10.3. The molecule has 0 radical (unpaired) electrons. The van der Waals surface area contributed by atoms with Crippen molar-refractivity contribution in [3.63, 3.8) is 0 Å². The summed E-state index contributed by atoms with van der Waals surface area (Å²) in [6.45, 7) is 1.95. The minimum Gasteiger partial charge on any atom is -0.496 e. The van der Waals surface area contributed by atoms with Gasteiger partial charge in [-0.3, -0.25) is 4.98 Å². The van der Waals surface area contributed by atoms with Gasteiger partial charge in [-0.15, -0.1) is 0 Å². The van der Waals surface area contributed by atoms with Crippen LogP contribution >= 0.6 is 0 Å². The van der Waals surface area contributed by atoms with Gasteiger partial charge in [0.2, 0.25) is 0 Å². The average molecular weight is 258 g/mol. The van der Waals surface area contributed by atoms with Gasteiger partial charge in [-0.1, -0.05) is 6.07 Å². The minimum atomic E-state index is -0.601. The summed E-state index contributed by atoms with van der Waals surface area (Å²) in [5.74, 6) is 0.817. The zero-order valence-electron chi connectivity index (χ0n) is 11.1. The van der Waals surface area contributed by atoms with Gasteiger partial charge in [0.25, 0.3) is 0 Å². The molecule has 4 nitrogen and oxygen atoms in total. The van der Waals surface area contributed by atoms with Gasteiger partial charge in [-0.05, 0) is 41.8 Å². The standard InChI is InChI=1S/C15H18N2O2/c1-10-7-11(3-4-15(10)19-2)14(18)8-12-9-17-6-5-13(12)16/h3-7,9,14,18H,8H2,1-2H3,(H2,16,17). The van der Waals surface area contributed by atoms with Crippen LogP contribution < -0.4 is 10.5 Å². The second-order valence-corrected chi connectivity index (χ2v) is 4.52. The van der Waals surface area contributed by atoms with Crippen molar-refractivity contribution in [3.8, 4) is 5.75 Å². The summed E-state index contributed by atoms with van der Waals surface area (Å²) >= 11 is 0. The number of nitrogens with two attached hydrogens (primary N) is 1. The topological polar surface area (TPSA) is 68.4 Å². The first-order valence-corrected chi connectivity index (χ1v) is 6.12. The number of hydrogen-bond donors (Lipinski definition) is 2. The number of anilines is 1. The highest BCUT2D eigenvalue weighted by molar-refractivity contribution is 5.45. The molecule has 1 aromatic heterocycles. The van der Waals surface area contributed by atoms with E-state index in [9.17, 15) is 5.11 Å². The first-order valence-electron chi connectivity index (χ1n) is 6.12. The fourth-order valence-corrected chi connectivity index (χ4v) is 2.04. The van der Waals surface area contributed by atoms with Crippen molar-refractivity contribution in [3.05, 3.63) is 53.3 Å².